The molecule has 194 valence electrons. The molecule has 38 heavy (non-hydrogen) atoms. The molecular weight excluding hydrogens is 484 g/mol. The number of nitrogen functional groups attached to an aromatic ring is 1. The lowest BCUT2D eigenvalue weighted by Crippen LogP contribution is -2.38. The molecule has 11 nitrogen and oxygen atoms in total. The summed E-state index contributed by atoms with van der Waals surface area (Å²) in [5.74, 6) is 1.05. The Hall–Kier alpha value is -4.64. The minimum atomic E-state index is -0.300. The van der Waals surface area contributed by atoms with Gasteiger partial charge in [-0.05, 0) is 43.5 Å². The van der Waals surface area contributed by atoms with Crippen molar-refractivity contribution in [2.75, 3.05) is 31.3 Å². The molecule has 0 saturated carbocycles. The summed E-state index contributed by atoms with van der Waals surface area (Å²) in [6.45, 7) is 1.01. The van der Waals surface area contributed by atoms with Gasteiger partial charge in [0.2, 0.25) is 5.91 Å². The number of carbonyl (C=O) groups is 2. The van der Waals surface area contributed by atoms with E-state index in [0.29, 0.717) is 41.6 Å². The first kappa shape index (κ1) is 25.0. The van der Waals surface area contributed by atoms with Crippen LogP contribution >= 0.6 is 0 Å². The maximum absolute atomic E-state index is 13.0. The van der Waals surface area contributed by atoms with Crippen LogP contribution in [0.4, 0.5) is 11.6 Å². The fourth-order valence-electron chi connectivity index (χ4n) is 4.66. The van der Waals surface area contributed by atoms with E-state index in [1.165, 1.54) is 6.20 Å². The zero-order valence-electron chi connectivity index (χ0n) is 20.9. The summed E-state index contributed by atoms with van der Waals surface area (Å²) in [7, 11) is 1.59. The highest BCUT2D eigenvalue weighted by atomic mass is 16.5. The molecule has 3 aromatic heterocycles. The highest BCUT2D eigenvalue weighted by Gasteiger charge is 2.31. The van der Waals surface area contributed by atoms with E-state index in [1.807, 2.05) is 27.6 Å². The highest BCUT2D eigenvalue weighted by molar-refractivity contribution is 6.04. The van der Waals surface area contributed by atoms with Gasteiger partial charge in [0.05, 0.1) is 12.6 Å². The van der Waals surface area contributed by atoms with Gasteiger partial charge in [0.15, 0.2) is 5.82 Å². The Balaban J connectivity index is 1.48. The lowest BCUT2D eigenvalue weighted by atomic mass is 10.0. The zero-order chi connectivity index (χ0) is 26.5. The van der Waals surface area contributed by atoms with Crippen molar-refractivity contribution in [3.63, 3.8) is 0 Å². The van der Waals surface area contributed by atoms with Gasteiger partial charge in [0, 0.05) is 49.4 Å². The number of nitrogens with zero attached hydrogens (tertiary/aromatic N) is 6. The van der Waals surface area contributed by atoms with Gasteiger partial charge in [-0.25, -0.2) is 9.97 Å². The van der Waals surface area contributed by atoms with E-state index in [2.05, 4.69) is 20.5 Å². The van der Waals surface area contributed by atoms with Crippen LogP contribution in [0.5, 0.6) is 0 Å². The maximum Gasteiger partial charge on any atom is 0.256 e. The van der Waals surface area contributed by atoms with Gasteiger partial charge < -0.3 is 20.7 Å². The third kappa shape index (κ3) is 5.09. The first-order valence-electron chi connectivity index (χ1n) is 12.3. The average molecular weight is 513 g/mol. The monoisotopic (exact) mass is 512 g/mol. The first-order valence-corrected chi connectivity index (χ1v) is 12.3. The second-order valence-corrected chi connectivity index (χ2v) is 8.89. The van der Waals surface area contributed by atoms with Crippen LogP contribution in [0, 0.1) is 0 Å². The van der Waals surface area contributed by atoms with E-state index < -0.39 is 0 Å². The zero-order valence-corrected chi connectivity index (χ0v) is 20.9. The van der Waals surface area contributed by atoms with Gasteiger partial charge in [0.1, 0.15) is 22.9 Å². The standard InChI is InChI=1S/C27H28N8O3/c1-38-17-5-8-22(36)34-15-3-2-6-20(34)26-32-23(24-25(28)29-14-16-35(24)26)18-9-11-19(12-10-18)27(37)31-21-7-4-13-30-33-21/h4-5,7-14,16,20H,2-3,6,15,17H2,1H3,(H2,28,29)(H,31,33,37)/b8-5+. The minimum absolute atomic E-state index is 0.0782. The summed E-state index contributed by atoms with van der Waals surface area (Å²) >= 11 is 0. The number of carbonyl (C=O) groups excluding carboxylic acids is 2. The Labute approximate surface area is 219 Å². The number of nitrogens with two attached hydrogens (primary N) is 1. The third-order valence-corrected chi connectivity index (χ3v) is 6.45. The van der Waals surface area contributed by atoms with E-state index in [-0.39, 0.29) is 17.9 Å². The second-order valence-electron chi connectivity index (χ2n) is 8.89. The Morgan fingerprint density at radius 2 is 2.03 bits per heavy atom. The molecule has 1 unspecified atom stereocenters. The van der Waals surface area contributed by atoms with Crippen LogP contribution in [-0.4, -0.2) is 61.5 Å². The van der Waals surface area contributed by atoms with Gasteiger partial charge >= 0.3 is 0 Å². The lowest BCUT2D eigenvalue weighted by Gasteiger charge is -2.34. The fraction of sp³-hybridized carbons (Fsp3) is 0.259. The molecule has 11 heteroatoms. The molecule has 1 aromatic carbocycles. The lowest BCUT2D eigenvalue weighted by molar-refractivity contribution is -0.130. The molecule has 1 saturated heterocycles. The fourth-order valence-corrected chi connectivity index (χ4v) is 4.66. The molecule has 5 rings (SSSR count). The Morgan fingerprint density at radius 1 is 1.18 bits per heavy atom. The molecule has 1 fully saturated rings. The summed E-state index contributed by atoms with van der Waals surface area (Å²) in [5, 5.41) is 10.4. The number of benzene rings is 1. The van der Waals surface area contributed by atoms with Crippen LogP contribution in [0.25, 0.3) is 16.8 Å². The number of nitrogens with one attached hydrogen (secondary N) is 1. The van der Waals surface area contributed by atoms with Crippen molar-refractivity contribution >= 4 is 29.0 Å². The van der Waals surface area contributed by atoms with Crippen LogP contribution in [0.2, 0.25) is 0 Å². The predicted octanol–water partition coefficient (Wildman–Crippen LogP) is 3.28. The van der Waals surface area contributed by atoms with Crippen molar-refractivity contribution in [2.24, 2.45) is 0 Å². The number of likely N-dealkylation sites (tertiary alicyclic amines) is 1. The van der Waals surface area contributed by atoms with E-state index in [1.54, 1.807) is 49.7 Å². The molecule has 1 atom stereocenters. The van der Waals surface area contributed by atoms with Gasteiger partial charge in [-0.15, -0.1) is 5.10 Å². The highest BCUT2D eigenvalue weighted by Crippen LogP contribution is 2.36. The minimum Gasteiger partial charge on any atom is -0.382 e. The molecule has 1 aliphatic heterocycles. The van der Waals surface area contributed by atoms with Gasteiger partial charge in [0.25, 0.3) is 5.91 Å². The first-order chi connectivity index (χ1) is 18.6. The van der Waals surface area contributed by atoms with Crippen LogP contribution in [0.1, 0.15) is 41.5 Å². The van der Waals surface area contributed by atoms with E-state index >= 15 is 0 Å². The average Bonchev–Trinajstić information content (AvgIpc) is 3.34. The number of aromatic nitrogens is 5. The number of rotatable bonds is 7. The Morgan fingerprint density at radius 3 is 2.79 bits per heavy atom. The van der Waals surface area contributed by atoms with Crippen LogP contribution in [0.15, 0.2) is 67.1 Å². The number of anilines is 2. The molecule has 0 bridgehead atoms. The second kappa shape index (κ2) is 11.2. The van der Waals surface area contributed by atoms with Crippen molar-refractivity contribution in [1.29, 1.82) is 0 Å². The number of imidazole rings is 1. The molecule has 2 amide bonds. The number of hydrogen-bond donors (Lipinski definition) is 2. The normalized spacial score (nSPS) is 15.7. The largest absolute Gasteiger partial charge is 0.382 e. The van der Waals surface area contributed by atoms with Gasteiger partial charge in [-0.3, -0.25) is 14.0 Å². The topological polar surface area (TPSA) is 141 Å². The van der Waals surface area contributed by atoms with Crippen molar-refractivity contribution in [1.82, 2.24) is 29.5 Å². The summed E-state index contributed by atoms with van der Waals surface area (Å²) in [5.41, 5.74) is 8.86. The smallest absolute Gasteiger partial charge is 0.256 e. The number of hydrogen-bond acceptors (Lipinski definition) is 8. The maximum atomic E-state index is 13.0. The third-order valence-electron chi connectivity index (χ3n) is 6.45. The summed E-state index contributed by atoms with van der Waals surface area (Å²) in [4.78, 5) is 36.8. The van der Waals surface area contributed by atoms with Crippen molar-refractivity contribution in [3.8, 4) is 11.3 Å². The Bertz CT molecular complexity index is 1470. The Kier molecular flexibility index (Phi) is 7.36. The molecule has 0 radical (unpaired) electrons. The quantitative estimate of drug-likeness (QED) is 0.360. The van der Waals surface area contributed by atoms with E-state index in [4.69, 9.17) is 15.5 Å². The van der Waals surface area contributed by atoms with E-state index in [0.717, 1.165) is 30.7 Å². The molecule has 1 aliphatic rings. The molecule has 0 aliphatic carbocycles. The SMILES string of the molecule is COC/C=C/C(=O)N1CCCCC1c1nc(-c2ccc(C(=O)Nc3cccnn3)cc2)c2c(N)nccn12. The van der Waals surface area contributed by atoms with Crippen LogP contribution < -0.4 is 11.1 Å². The van der Waals surface area contributed by atoms with Gasteiger partial charge in [-0.1, -0.05) is 18.2 Å². The molecule has 0 spiro atoms. The van der Waals surface area contributed by atoms with Crippen LogP contribution in [-0.2, 0) is 9.53 Å². The number of fused-ring (bicyclic) bond motifs is 1. The van der Waals surface area contributed by atoms with Gasteiger partial charge in [-0.2, -0.15) is 5.10 Å². The number of methoxy groups -OCH3 is 1. The van der Waals surface area contributed by atoms with Crippen molar-refractivity contribution in [2.45, 2.75) is 25.3 Å². The van der Waals surface area contributed by atoms with Crippen molar-refractivity contribution < 1.29 is 14.3 Å². The van der Waals surface area contributed by atoms with Crippen molar-refractivity contribution in [3.05, 3.63) is 78.5 Å². The number of amides is 2. The van der Waals surface area contributed by atoms with E-state index in [9.17, 15) is 9.59 Å². The molecule has 4 aromatic rings. The number of ether oxygens (including phenoxy) is 1. The molecule has 3 N–H and O–H groups in total. The summed E-state index contributed by atoms with van der Waals surface area (Å²) in [6.07, 6.45) is 10.9. The molecular formula is C27H28N8O3. The summed E-state index contributed by atoms with van der Waals surface area (Å²) in [6, 6.07) is 10.2. The summed E-state index contributed by atoms with van der Waals surface area (Å²) < 4.78 is 6.96. The number of piperidine rings is 1. The predicted molar refractivity (Wildman–Crippen MR) is 142 cm³/mol. The molecule has 4 heterocycles. The van der Waals surface area contributed by atoms with Crippen LogP contribution in [0.3, 0.4) is 0 Å².